The second-order valence-electron chi connectivity index (χ2n) is 6.25. The molecule has 2 saturated heterocycles. The van der Waals surface area contributed by atoms with Gasteiger partial charge in [-0.2, -0.15) is 0 Å². The number of rotatable bonds is 6. The van der Waals surface area contributed by atoms with E-state index < -0.39 is 0 Å². The average Bonchev–Trinajstić information content (AvgIpc) is 2.45. The van der Waals surface area contributed by atoms with E-state index in [1.54, 1.807) is 0 Å². The van der Waals surface area contributed by atoms with E-state index in [-0.39, 0.29) is 0 Å². The van der Waals surface area contributed by atoms with Crippen LogP contribution in [0.3, 0.4) is 0 Å². The van der Waals surface area contributed by atoms with E-state index in [2.05, 4.69) is 24.1 Å². The molecule has 2 aliphatic heterocycles. The predicted molar refractivity (Wildman–Crippen MR) is 77.5 cm³/mol. The summed E-state index contributed by atoms with van der Waals surface area (Å²) in [6.45, 7) is 11.5. The largest absolute Gasteiger partial charge is 0.380 e. The van der Waals surface area contributed by atoms with Gasteiger partial charge in [0.05, 0.1) is 19.8 Å². The lowest BCUT2D eigenvalue weighted by Crippen LogP contribution is -2.51. The normalized spacial score (nSPS) is 27.6. The number of nitrogens with zero attached hydrogens (tertiary/aromatic N) is 1. The van der Waals surface area contributed by atoms with Gasteiger partial charge in [0.25, 0.3) is 0 Å². The van der Waals surface area contributed by atoms with Gasteiger partial charge in [0.2, 0.25) is 0 Å². The quantitative estimate of drug-likeness (QED) is 0.793. The van der Waals surface area contributed by atoms with Crippen LogP contribution in [0.5, 0.6) is 0 Å². The Morgan fingerprint density at radius 1 is 1.16 bits per heavy atom. The molecule has 112 valence electrons. The number of hydrogen-bond donors (Lipinski definition) is 1. The molecule has 4 heteroatoms. The minimum Gasteiger partial charge on any atom is -0.380 e. The average molecular weight is 270 g/mol. The first-order valence-electron chi connectivity index (χ1n) is 7.88. The highest BCUT2D eigenvalue weighted by Gasteiger charge is 2.23. The van der Waals surface area contributed by atoms with E-state index in [0.717, 1.165) is 52.0 Å². The number of morpholine rings is 1. The van der Waals surface area contributed by atoms with Crippen molar-refractivity contribution in [2.75, 3.05) is 46.1 Å². The van der Waals surface area contributed by atoms with E-state index in [9.17, 15) is 0 Å². The molecule has 1 N–H and O–H groups in total. The summed E-state index contributed by atoms with van der Waals surface area (Å²) in [6, 6.07) is 1.20. The molecule has 0 aromatic carbocycles. The van der Waals surface area contributed by atoms with E-state index in [0.29, 0.717) is 12.1 Å². The van der Waals surface area contributed by atoms with Gasteiger partial charge in [-0.1, -0.05) is 13.8 Å². The summed E-state index contributed by atoms with van der Waals surface area (Å²) in [6.07, 6.45) is 3.72. The Morgan fingerprint density at radius 2 is 1.95 bits per heavy atom. The van der Waals surface area contributed by atoms with Crippen LogP contribution in [0.15, 0.2) is 0 Å². The van der Waals surface area contributed by atoms with Crippen LogP contribution in [0.1, 0.15) is 33.1 Å². The van der Waals surface area contributed by atoms with Crippen molar-refractivity contribution >= 4 is 0 Å². The Bertz CT molecular complexity index is 236. The van der Waals surface area contributed by atoms with Crippen molar-refractivity contribution in [2.45, 2.75) is 45.2 Å². The summed E-state index contributed by atoms with van der Waals surface area (Å²) in [4.78, 5) is 2.60. The molecule has 0 aromatic heterocycles. The molecule has 0 aromatic rings. The minimum absolute atomic E-state index is 0.560. The smallest absolute Gasteiger partial charge is 0.0619 e. The van der Waals surface area contributed by atoms with Gasteiger partial charge in [0, 0.05) is 38.3 Å². The SMILES string of the molecule is CC(C)CC(CNC1CCCOC1)N1CCOCC1. The summed E-state index contributed by atoms with van der Waals surface area (Å²) in [5, 5.41) is 3.72. The Morgan fingerprint density at radius 3 is 2.58 bits per heavy atom. The highest BCUT2D eigenvalue weighted by atomic mass is 16.5. The van der Waals surface area contributed by atoms with Gasteiger partial charge in [-0.15, -0.1) is 0 Å². The van der Waals surface area contributed by atoms with Crippen LogP contribution in [-0.4, -0.2) is 63.0 Å². The first-order valence-corrected chi connectivity index (χ1v) is 7.88. The predicted octanol–water partition coefficient (Wildman–Crippen LogP) is 1.50. The second kappa shape index (κ2) is 8.20. The summed E-state index contributed by atoms with van der Waals surface area (Å²) >= 11 is 0. The standard InChI is InChI=1S/C15H30N2O2/c1-13(2)10-15(17-5-8-18-9-6-17)11-16-14-4-3-7-19-12-14/h13-16H,3-12H2,1-2H3. The third kappa shape index (κ3) is 5.38. The van der Waals surface area contributed by atoms with E-state index >= 15 is 0 Å². The van der Waals surface area contributed by atoms with Gasteiger partial charge < -0.3 is 14.8 Å². The molecule has 19 heavy (non-hydrogen) atoms. The molecule has 0 aliphatic carbocycles. The minimum atomic E-state index is 0.560. The Labute approximate surface area is 117 Å². The highest BCUT2D eigenvalue weighted by Crippen LogP contribution is 2.14. The molecule has 2 fully saturated rings. The molecule has 4 nitrogen and oxygen atoms in total. The molecule has 0 radical (unpaired) electrons. The van der Waals surface area contributed by atoms with Crippen LogP contribution in [-0.2, 0) is 9.47 Å². The van der Waals surface area contributed by atoms with Gasteiger partial charge >= 0.3 is 0 Å². The van der Waals surface area contributed by atoms with E-state index in [1.807, 2.05) is 0 Å². The van der Waals surface area contributed by atoms with Crippen molar-refractivity contribution in [3.05, 3.63) is 0 Å². The summed E-state index contributed by atoms with van der Waals surface area (Å²) in [5.41, 5.74) is 0. The second-order valence-corrected chi connectivity index (χ2v) is 6.25. The monoisotopic (exact) mass is 270 g/mol. The maximum atomic E-state index is 5.54. The number of hydrogen-bond acceptors (Lipinski definition) is 4. The zero-order valence-electron chi connectivity index (χ0n) is 12.6. The Balaban J connectivity index is 1.78. The fourth-order valence-corrected chi connectivity index (χ4v) is 3.05. The molecular formula is C15H30N2O2. The number of nitrogens with one attached hydrogen (secondary N) is 1. The van der Waals surface area contributed by atoms with E-state index in [4.69, 9.17) is 9.47 Å². The maximum Gasteiger partial charge on any atom is 0.0619 e. The van der Waals surface area contributed by atoms with Crippen molar-refractivity contribution in [2.24, 2.45) is 5.92 Å². The third-order valence-electron chi connectivity index (χ3n) is 4.11. The van der Waals surface area contributed by atoms with Crippen molar-refractivity contribution in [3.8, 4) is 0 Å². The molecule has 0 amide bonds. The lowest BCUT2D eigenvalue weighted by Gasteiger charge is -2.36. The van der Waals surface area contributed by atoms with Crippen LogP contribution in [0.25, 0.3) is 0 Å². The topological polar surface area (TPSA) is 33.7 Å². The van der Waals surface area contributed by atoms with Gasteiger partial charge in [-0.25, -0.2) is 0 Å². The van der Waals surface area contributed by atoms with Gasteiger partial charge in [0.1, 0.15) is 0 Å². The van der Waals surface area contributed by atoms with Crippen molar-refractivity contribution < 1.29 is 9.47 Å². The fourth-order valence-electron chi connectivity index (χ4n) is 3.05. The lowest BCUT2D eigenvalue weighted by atomic mass is 10.0. The van der Waals surface area contributed by atoms with Gasteiger partial charge in [-0.05, 0) is 25.2 Å². The molecule has 2 unspecified atom stereocenters. The third-order valence-corrected chi connectivity index (χ3v) is 4.11. The first kappa shape index (κ1) is 15.2. The van der Waals surface area contributed by atoms with E-state index in [1.165, 1.54) is 19.3 Å². The molecule has 2 atom stereocenters. The zero-order chi connectivity index (χ0) is 13.5. The number of ether oxygens (including phenoxy) is 2. The molecule has 0 bridgehead atoms. The molecular weight excluding hydrogens is 240 g/mol. The first-order chi connectivity index (χ1) is 9.25. The molecule has 0 saturated carbocycles. The van der Waals surface area contributed by atoms with Gasteiger partial charge in [-0.3, -0.25) is 4.90 Å². The Kier molecular flexibility index (Phi) is 6.57. The maximum absolute atomic E-state index is 5.54. The van der Waals surface area contributed by atoms with Crippen LogP contribution in [0.4, 0.5) is 0 Å². The van der Waals surface area contributed by atoms with Crippen molar-refractivity contribution in [3.63, 3.8) is 0 Å². The molecule has 2 rings (SSSR count). The van der Waals surface area contributed by atoms with Gasteiger partial charge in [0.15, 0.2) is 0 Å². The molecule has 0 spiro atoms. The van der Waals surface area contributed by atoms with Crippen molar-refractivity contribution in [1.82, 2.24) is 10.2 Å². The highest BCUT2D eigenvalue weighted by molar-refractivity contribution is 4.80. The lowest BCUT2D eigenvalue weighted by molar-refractivity contribution is 0.00912. The van der Waals surface area contributed by atoms with Crippen LogP contribution in [0.2, 0.25) is 0 Å². The van der Waals surface area contributed by atoms with Crippen LogP contribution < -0.4 is 5.32 Å². The Hall–Kier alpha value is -0.160. The summed E-state index contributed by atoms with van der Waals surface area (Å²) < 4.78 is 11.0. The molecule has 2 aliphatic rings. The van der Waals surface area contributed by atoms with Crippen LogP contribution in [0, 0.1) is 5.92 Å². The summed E-state index contributed by atoms with van der Waals surface area (Å²) in [5.74, 6) is 0.747. The zero-order valence-corrected chi connectivity index (χ0v) is 12.6. The van der Waals surface area contributed by atoms with Crippen LogP contribution >= 0.6 is 0 Å². The molecule has 2 heterocycles. The van der Waals surface area contributed by atoms with Crippen molar-refractivity contribution in [1.29, 1.82) is 0 Å². The fraction of sp³-hybridized carbons (Fsp3) is 1.00. The summed E-state index contributed by atoms with van der Waals surface area (Å²) in [7, 11) is 0.